The minimum atomic E-state index is -4.70. The second-order valence-corrected chi connectivity index (χ2v) is 4.10. The number of rotatable bonds is 2. The highest BCUT2D eigenvalue weighted by molar-refractivity contribution is 5.54. The van der Waals surface area contributed by atoms with Crippen LogP contribution in [0.2, 0.25) is 0 Å². The van der Waals surface area contributed by atoms with E-state index in [4.69, 9.17) is 15.7 Å². The summed E-state index contributed by atoms with van der Waals surface area (Å²) in [6.45, 7) is 0. The van der Waals surface area contributed by atoms with Crippen molar-refractivity contribution in [2.75, 3.05) is 5.73 Å². The molecule has 3 nitrogen and oxygen atoms in total. The smallest absolute Gasteiger partial charge is 0.417 e. The van der Waals surface area contributed by atoms with Crippen LogP contribution in [-0.2, 0) is 6.18 Å². The van der Waals surface area contributed by atoms with Crippen LogP contribution in [0, 0.1) is 17.1 Å². The summed E-state index contributed by atoms with van der Waals surface area (Å²) in [6, 6.07) is 7.58. The maximum Gasteiger partial charge on any atom is 0.417 e. The number of nitriles is 1. The fourth-order valence-electron chi connectivity index (χ4n) is 1.64. The zero-order valence-corrected chi connectivity index (χ0v) is 10.4. The maximum atomic E-state index is 13.1. The van der Waals surface area contributed by atoms with Crippen LogP contribution in [0.5, 0.6) is 11.5 Å². The fraction of sp³-hybridized carbons (Fsp3) is 0.0714. The van der Waals surface area contributed by atoms with Gasteiger partial charge in [-0.1, -0.05) is 0 Å². The first-order chi connectivity index (χ1) is 9.81. The summed E-state index contributed by atoms with van der Waals surface area (Å²) in [7, 11) is 0. The molecule has 2 N–H and O–H groups in total. The van der Waals surface area contributed by atoms with E-state index in [1.807, 2.05) is 0 Å². The number of halogens is 4. The average Bonchev–Trinajstić information content (AvgIpc) is 2.42. The lowest BCUT2D eigenvalue weighted by Gasteiger charge is -2.12. The number of benzene rings is 2. The zero-order valence-electron chi connectivity index (χ0n) is 10.4. The van der Waals surface area contributed by atoms with Gasteiger partial charge in [-0.2, -0.15) is 18.4 Å². The third-order valence-electron chi connectivity index (χ3n) is 2.62. The van der Waals surface area contributed by atoms with E-state index < -0.39 is 23.1 Å². The molecule has 0 aromatic heterocycles. The Kier molecular flexibility index (Phi) is 3.72. The van der Waals surface area contributed by atoms with E-state index in [0.29, 0.717) is 6.07 Å². The fourth-order valence-corrected chi connectivity index (χ4v) is 1.64. The van der Waals surface area contributed by atoms with Crippen molar-refractivity contribution in [3.8, 4) is 17.6 Å². The predicted octanol–water partition coefficient (Wildman–Crippen LogP) is 4.09. The number of nitrogens with zero attached hydrogens (tertiary/aromatic N) is 1. The van der Waals surface area contributed by atoms with E-state index in [0.717, 1.165) is 18.2 Å². The second-order valence-electron chi connectivity index (χ2n) is 4.10. The summed E-state index contributed by atoms with van der Waals surface area (Å²) in [5, 5.41) is 8.68. The van der Waals surface area contributed by atoms with Crippen LogP contribution in [-0.4, -0.2) is 0 Å². The molecule has 0 atom stereocenters. The van der Waals surface area contributed by atoms with E-state index in [2.05, 4.69) is 0 Å². The standard InChI is InChI=1S/C14H8F4N2O/c15-9-2-4-12(20)13(5-9)21-10-3-1-8(7-19)11(6-10)14(16,17)18/h1-6H,20H2. The Morgan fingerprint density at radius 2 is 1.81 bits per heavy atom. The number of hydrogen-bond donors (Lipinski definition) is 1. The first-order valence-corrected chi connectivity index (χ1v) is 5.65. The molecular formula is C14H8F4N2O. The van der Waals surface area contributed by atoms with Gasteiger partial charge in [0.15, 0.2) is 5.75 Å². The molecule has 7 heteroatoms. The Morgan fingerprint density at radius 1 is 1.10 bits per heavy atom. The summed E-state index contributed by atoms with van der Waals surface area (Å²) in [6.07, 6.45) is -4.70. The van der Waals surface area contributed by atoms with Crippen molar-refractivity contribution in [3.05, 3.63) is 53.3 Å². The molecule has 0 radical (unpaired) electrons. The van der Waals surface area contributed by atoms with Crippen molar-refractivity contribution >= 4 is 5.69 Å². The highest BCUT2D eigenvalue weighted by Crippen LogP contribution is 2.36. The summed E-state index contributed by atoms with van der Waals surface area (Å²) in [5.74, 6) is -0.935. The molecule has 0 amide bonds. The molecule has 0 spiro atoms. The van der Waals surface area contributed by atoms with E-state index in [9.17, 15) is 17.6 Å². The van der Waals surface area contributed by atoms with E-state index in [-0.39, 0.29) is 17.2 Å². The van der Waals surface area contributed by atoms with Gasteiger partial charge in [0.05, 0.1) is 22.9 Å². The normalized spacial score (nSPS) is 11.0. The summed E-state index contributed by atoms with van der Waals surface area (Å²) in [4.78, 5) is 0. The zero-order chi connectivity index (χ0) is 15.6. The summed E-state index contributed by atoms with van der Waals surface area (Å²) >= 11 is 0. The Hall–Kier alpha value is -2.75. The van der Waals surface area contributed by atoms with Gasteiger partial charge in [0, 0.05) is 6.07 Å². The third kappa shape index (κ3) is 3.23. The molecule has 2 aromatic rings. The number of anilines is 1. The van der Waals surface area contributed by atoms with Gasteiger partial charge >= 0.3 is 6.18 Å². The molecule has 2 aromatic carbocycles. The molecule has 0 aliphatic heterocycles. The molecule has 108 valence electrons. The summed E-state index contributed by atoms with van der Waals surface area (Å²) in [5.41, 5.74) is 3.98. The van der Waals surface area contributed by atoms with Crippen molar-refractivity contribution in [3.63, 3.8) is 0 Å². The van der Waals surface area contributed by atoms with Crippen LogP contribution in [0.1, 0.15) is 11.1 Å². The van der Waals surface area contributed by atoms with Gasteiger partial charge in [0.2, 0.25) is 0 Å². The maximum absolute atomic E-state index is 13.1. The Labute approximate surface area is 117 Å². The number of nitrogens with two attached hydrogens (primary N) is 1. The molecule has 0 saturated heterocycles. The minimum absolute atomic E-state index is 0.0781. The van der Waals surface area contributed by atoms with Crippen molar-refractivity contribution in [2.45, 2.75) is 6.18 Å². The quantitative estimate of drug-likeness (QED) is 0.670. The summed E-state index contributed by atoms with van der Waals surface area (Å²) < 4.78 is 56.6. The van der Waals surface area contributed by atoms with Crippen LogP contribution in [0.25, 0.3) is 0 Å². The molecular weight excluding hydrogens is 288 g/mol. The van der Waals surface area contributed by atoms with Crippen molar-refractivity contribution in [1.29, 1.82) is 5.26 Å². The molecule has 0 saturated carbocycles. The lowest BCUT2D eigenvalue weighted by atomic mass is 10.1. The molecule has 0 heterocycles. The van der Waals surface area contributed by atoms with Gasteiger partial charge in [0.1, 0.15) is 11.6 Å². The van der Waals surface area contributed by atoms with Gasteiger partial charge in [0.25, 0.3) is 0 Å². The SMILES string of the molecule is N#Cc1ccc(Oc2cc(F)ccc2N)cc1C(F)(F)F. The van der Waals surface area contributed by atoms with Crippen LogP contribution < -0.4 is 10.5 Å². The van der Waals surface area contributed by atoms with E-state index in [1.165, 1.54) is 18.2 Å². The minimum Gasteiger partial charge on any atom is -0.455 e. The lowest BCUT2D eigenvalue weighted by molar-refractivity contribution is -0.137. The number of ether oxygens (including phenoxy) is 1. The van der Waals surface area contributed by atoms with Crippen LogP contribution in [0.15, 0.2) is 36.4 Å². The topological polar surface area (TPSA) is 59.0 Å². The molecule has 2 rings (SSSR count). The van der Waals surface area contributed by atoms with Gasteiger partial charge in [-0.05, 0) is 30.3 Å². The average molecular weight is 296 g/mol. The predicted molar refractivity (Wildman–Crippen MR) is 67.0 cm³/mol. The van der Waals surface area contributed by atoms with Gasteiger partial charge in [-0.3, -0.25) is 0 Å². The number of nitrogen functional groups attached to an aromatic ring is 1. The number of hydrogen-bond acceptors (Lipinski definition) is 3. The Balaban J connectivity index is 2.42. The second kappa shape index (κ2) is 5.32. The van der Waals surface area contributed by atoms with Crippen LogP contribution in [0.4, 0.5) is 23.2 Å². The monoisotopic (exact) mass is 296 g/mol. The van der Waals surface area contributed by atoms with Crippen molar-refractivity contribution in [2.24, 2.45) is 0 Å². The lowest BCUT2D eigenvalue weighted by Crippen LogP contribution is -2.08. The first-order valence-electron chi connectivity index (χ1n) is 5.65. The molecule has 0 unspecified atom stereocenters. The van der Waals surface area contributed by atoms with Gasteiger partial charge in [-0.15, -0.1) is 0 Å². The van der Waals surface area contributed by atoms with Gasteiger partial charge < -0.3 is 10.5 Å². The van der Waals surface area contributed by atoms with Crippen molar-refractivity contribution < 1.29 is 22.3 Å². The van der Waals surface area contributed by atoms with Crippen LogP contribution in [0.3, 0.4) is 0 Å². The van der Waals surface area contributed by atoms with E-state index >= 15 is 0 Å². The largest absolute Gasteiger partial charge is 0.455 e. The molecule has 0 aliphatic rings. The molecule has 0 bridgehead atoms. The molecule has 0 aliphatic carbocycles. The first kappa shape index (κ1) is 14.7. The van der Waals surface area contributed by atoms with Crippen LogP contribution >= 0.6 is 0 Å². The highest BCUT2D eigenvalue weighted by Gasteiger charge is 2.34. The highest BCUT2D eigenvalue weighted by atomic mass is 19.4. The third-order valence-corrected chi connectivity index (χ3v) is 2.62. The Bertz CT molecular complexity index is 720. The van der Waals surface area contributed by atoms with Gasteiger partial charge in [-0.25, -0.2) is 4.39 Å². The Morgan fingerprint density at radius 3 is 2.43 bits per heavy atom. The number of alkyl halides is 3. The van der Waals surface area contributed by atoms with E-state index in [1.54, 1.807) is 0 Å². The molecule has 21 heavy (non-hydrogen) atoms. The molecule has 0 fully saturated rings. The van der Waals surface area contributed by atoms with Crippen molar-refractivity contribution in [1.82, 2.24) is 0 Å².